The molecule has 1 N–H and O–H groups in total. The van der Waals surface area contributed by atoms with Crippen LogP contribution in [-0.4, -0.2) is 18.5 Å². The second-order valence-electron chi connectivity index (χ2n) is 4.68. The number of hydrogen-bond donors (Lipinski definition) is 1. The van der Waals surface area contributed by atoms with Crippen molar-refractivity contribution in [3.63, 3.8) is 0 Å². The number of rotatable bonds is 4. The number of aryl methyl sites for hydroxylation is 1. The van der Waals surface area contributed by atoms with Gasteiger partial charge >= 0.3 is 5.97 Å². The summed E-state index contributed by atoms with van der Waals surface area (Å²) in [6, 6.07) is 10.5. The zero-order valence-electron chi connectivity index (χ0n) is 12.4. The number of halogens is 1. The number of benzene rings is 2. The summed E-state index contributed by atoms with van der Waals surface area (Å²) in [6.45, 7) is 3.77. The lowest BCUT2D eigenvalue weighted by atomic mass is 10.1. The van der Waals surface area contributed by atoms with E-state index >= 15 is 0 Å². The smallest absolute Gasteiger partial charge is 0.338 e. The van der Waals surface area contributed by atoms with Gasteiger partial charge in [0.05, 0.1) is 17.7 Å². The van der Waals surface area contributed by atoms with Crippen LogP contribution in [0.4, 0.5) is 10.1 Å². The molecule has 0 radical (unpaired) electrons. The fourth-order valence-corrected chi connectivity index (χ4v) is 1.98. The highest BCUT2D eigenvalue weighted by Gasteiger charge is 2.13. The van der Waals surface area contributed by atoms with Crippen molar-refractivity contribution in [2.24, 2.45) is 0 Å². The van der Waals surface area contributed by atoms with E-state index in [4.69, 9.17) is 4.74 Å². The third kappa shape index (κ3) is 3.49. The summed E-state index contributed by atoms with van der Waals surface area (Å²) in [6.07, 6.45) is 0. The van der Waals surface area contributed by atoms with Crippen molar-refractivity contribution in [2.75, 3.05) is 11.9 Å². The summed E-state index contributed by atoms with van der Waals surface area (Å²) in [5, 5.41) is 2.63. The van der Waals surface area contributed by atoms with E-state index in [0.29, 0.717) is 23.4 Å². The highest BCUT2D eigenvalue weighted by Crippen LogP contribution is 2.19. The van der Waals surface area contributed by atoms with Gasteiger partial charge in [0.1, 0.15) is 5.82 Å². The lowest BCUT2D eigenvalue weighted by molar-refractivity contribution is 0.0526. The molecule has 0 aliphatic rings. The van der Waals surface area contributed by atoms with E-state index in [1.807, 2.05) is 0 Å². The normalized spacial score (nSPS) is 10.1. The number of hydrogen-bond acceptors (Lipinski definition) is 3. The minimum Gasteiger partial charge on any atom is -0.462 e. The second-order valence-corrected chi connectivity index (χ2v) is 4.68. The van der Waals surface area contributed by atoms with E-state index in [9.17, 15) is 14.0 Å². The topological polar surface area (TPSA) is 55.4 Å². The molecule has 2 aromatic rings. The molecule has 0 spiro atoms. The monoisotopic (exact) mass is 301 g/mol. The van der Waals surface area contributed by atoms with Crippen molar-refractivity contribution in [3.05, 3.63) is 65.0 Å². The molecule has 4 nitrogen and oxygen atoms in total. The van der Waals surface area contributed by atoms with E-state index in [1.54, 1.807) is 38.1 Å². The van der Waals surface area contributed by atoms with Crippen molar-refractivity contribution < 1.29 is 18.7 Å². The Morgan fingerprint density at radius 1 is 1.18 bits per heavy atom. The van der Waals surface area contributed by atoms with Gasteiger partial charge in [0.2, 0.25) is 0 Å². The van der Waals surface area contributed by atoms with Gasteiger partial charge in [-0.15, -0.1) is 0 Å². The number of anilines is 1. The first kappa shape index (κ1) is 15.7. The fourth-order valence-electron chi connectivity index (χ4n) is 1.98. The number of nitrogens with one attached hydrogen (secondary N) is 1. The Balaban J connectivity index is 2.19. The third-order valence-electron chi connectivity index (χ3n) is 3.10. The van der Waals surface area contributed by atoms with Crippen molar-refractivity contribution >= 4 is 17.6 Å². The molecule has 0 aromatic heterocycles. The van der Waals surface area contributed by atoms with Crippen molar-refractivity contribution in [1.82, 2.24) is 0 Å². The van der Waals surface area contributed by atoms with Gasteiger partial charge in [-0.1, -0.05) is 12.1 Å². The molecule has 2 rings (SSSR count). The maximum Gasteiger partial charge on any atom is 0.338 e. The average Bonchev–Trinajstić information content (AvgIpc) is 2.49. The van der Waals surface area contributed by atoms with E-state index in [0.717, 1.165) is 0 Å². The molecule has 0 fully saturated rings. The average molecular weight is 301 g/mol. The molecule has 5 heteroatoms. The lowest BCUT2D eigenvalue weighted by Crippen LogP contribution is -2.15. The van der Waals surface area contributed by atoms with Crippen LogP contribution in [-0.2, 0) is 4.74 Å². The van der Waals surface area contributed by atoms with E-state index < -0.39 is 17.7 Å². The first-order valence-corrected chi connectivity index (χ1v) is 6.86. The molecule has 0 aliphatic heterocycles. The molecule has 0 saturated carbocycles. The van der Waals surface area contributed by atoms with Crippen LogP contribution in [0, 0.1) is 12.7 Å². The molecule has 0 atom stereocenters. The molecule has 0 bridgehead atoms. The fraction of sp³-hybridized carbons (Fsp3) is 0.176. The first-order valence-electron chi connectivity index (χ1n) is 6.86. The largest absolute Gasteiger partial charge is 0.462 e. The Bertz CT molecular complexity index is 713. The van der Waals surface area contributed by atoms with E-state index in [2.05, 4.69) is 5.32 Å². The summed E-state index contributed by atoms with van der Waals surface area (Å²) >= 11 is 0. The van der Waals surface area contributed by atoms with Gasteiger partial charge in [0, 0.05) is 5.69 Å². The van der Waals surface area contributed by atoms with E-state index in [-0.39, 0.29) is 5.56 Å². The van der Waals surface area contributed by atoms with Gasteiger partial charge in [-0.05, 0) is 49.7 Å². The molecular formula is C17H16FNO3. The van der Waals surface area contributed by atoms with Crippen LogP contribution in [0.5, 0.6) is 0 Å². The van der Waals surface area contributed by atoms with Crippen LogP contribution in [0.1, 0.15) is 33.2 Å². The molecule has 0 heterocycles. The van der Waals surface area contributed by atoms with Crippen LogP contribution < -0.4 is 5.32 Å². The van der Waals surface area contributed by atoms with Gasteiger partial charge in [0.15, 0.2) is 0 Å². The highest BCUT2D eigenvalue weighted by atomic mass is 19.1. The second kappa shape index (κ2) is 6.85. The lowest BCUT2D eigenvalue weighted by Gasteiger charge is -2.10. The summed E-state index contributed by atoms with van der Waals surface area (Å²) in [5.41, 5.74) is 1.58. The molecule has 114 valence electrons. The van der Waals surface area contributed by atoms with Gasteiger partial charge in [-0.25, -0.2) is 9.18 Å². The molecule has 2 aromatic carbocycles. The third-order valence-corrected chi connectivity index (χ3v) is 3.10. The Kier molecular flexibility index (Phi) is 4.88. The number of carbonyl (C=O) groups excluding carboxylic acids is 2. The zero-order chi connectivity index (χ0) is 16.1. The maximum atomic E-state index is 13.6. The number of amides is 1. The van der Waals surface area contributed by atoms with Gasteiger partial charge < -0.3 is 10.1 Å². The first-order chi connectivity index (χ1) is 10.5. The summed E-state index contributed by atoms with van der Waals surface area (Å²) < 4.78 is 18.5. The van der Waals surface area contributed by atoms with Gasteiger partial charge in [-0.2, -0.15) is 0 Å². The zero-order valence-corrected chi connectivity index (χ0v) is 12.4. The predicted molar refractivity (Wildman–Crippen MR) is 81.5 cm³/mol. The van der Waals surface area contributed by atoms with Crippen LogP contribution in [0.3, 0.4) is 0 Å². The predicted octanol–water partition coefficient (Wildman–Crippen LogP) is 3.56. The van der Waals surface area contributed by atoms with Gasteiger partial charge in [0.25, 0.3) is 5.91 Å². The Hall–Kier alpha value is -2.69. The molecular weight excluding hydrogens is 285 g/mol. The Morgan fingerprint density at radius 2 is 1.91 bits per heavy atom. The van der Waals surface area contributed by atoms with Crippen LogP contribution in [0.25, 0.3) is 0 Å². The van der Waals surface area contributed by atoms with E-state index in [1.165, 1.54) is 18.2 Å². The van der Waals surface area contributed by atoms with Crippen molar-refractivity contribution in [1.29, 1.82) is 0 Å². The summed E-state index contributed by atoms with van der Waals surface area (Å²) in [5.74, 6) is -1.54. The molecule has 1 amide bonds. The highest BCUT2D eigenvalue weighted by molar-refractivity contribution is 6.05. The summed E-state index contributed by atoms with van der Waals surface area (Å²) in [7, 11) is 0. The minimum absolute atomic E-state index is 0.0311. The summed E-state index contributed by atoms with van der Waals surface area (Å²) in [4.78, 5) is 23.7. The maximum absolute atomic E-state index is 13.6. The molecule has 0 unspecified atom stereocenters. The molecule has 0 saturated heterocycles. The van der Waals surface area contributed by atoms with Crippen LogP contribution in [0.15, 0.2) is 42.5 Å². The quantitative estimate of drug-likeness (QED) is 0.878. The van der Waals surface area contributed by atoms with Crippen molar-refractivity contribution in [2.45, 2.75) is 13.8 Å². The minimum atomic E-state index is -0.583. The van der Waals surface area contributed by atoms with Gasteiger partial charge in [-0.3, -0.25) is 4.79 Å². The molecule has 0 aliphatic carbocycles. The number of esters is 1. The van der Waals surface area contributed by atoms with Crippen LogP contribution >= 0.6 is 0 Å². The standard InChI is InChI=1S/C17H16FNO3/c1-3-22-17(21)12-8-9-15(11(2)10-12)19-16(20)13-6-4-5-7-14(13)18/h4-10H,3H2,1-2H3,(H,19,20). The SMILES string of the molecule is CCOC(=O)c1ccc(NC(=O)c2ccccc2F)c(C)c1. The van der Waals surface area contributed by atoms with Crippen LogP contribution in [0.2, 0.25) is 0 Å². The molecule has 22 heavy (non-hydrogen) atoms. The Morgan fingerprint density at radius 3 is 2.55 bits per heavy atom. The van der Waals surface area contributed by atoms with Crippen molar-refractivity contribution in [3.8, 4) is 0 Å². The Labute approximate surface area is 127 Å². The number of ether oxygens (including phenoxy) is 1. The number of carbonyl (C=O) groups is 2.